The van der Waals surface area contributed by atoms with Crippen LogP contribution < -0.4 is 10.5 Å². The maximum Gasteiger partial charge on any atom is 0.223 e. The Bertz CT molecular complexity index is 375. The highest BCUT2D eigenvalue weighted by Gasteiger charge is 2.20. The molecule has 0 amide bonds. The van der Waals surface area contributed by atoms with Crippen molar-refractivity contribution in [3.63, 3.8) is 0 Å². The van der Waals surface area contributed by atoms with Gasteiger partial charge in [0, 0.05) is 11.5 Å². The van der Waals surface area contributed by atoms with E-state index in [1.54, 1.807) is 0 Å². The number of nitrogens with zero attached hydrogens (tertiary/aromatic N) is 2. The Kier molecular flexibility index (Phi) is 3.13. The molecule has 0 bridgehead atoms. The van der Waals surface area contributed by atoms with Crippen LogP contribution in [0.25, 0.3) is 0 Å². The van der Waals surface area contributed by atoms with Gasteiger partial charge in [0.05, 0.1) is 5.69 Å². The highest BCUT2D eigenvalue weighted by Crippen LogP contribution is 2.25. The monoisotopic (exact) mass is 223 g/mol. The number of anilines is 1. The summed E-state index contributed by atoms with van der Waals surface area (Å²) in [4.78, 5) is 8.30. The molecule has 16 heavy (non-hydrogen) atoms. The molecule has 4 nitrogen and oxygen atoms in total. The van der Waals surface area contributed by atoms with Gasteiger partial charge in [0.2, 0.25) is 11.8 Å². The largest absolute Gasteiger partial charge is 0.472 e. The molecule has 0 aliphatic rings. The zero-order chi connectivity index (χ0) is 12.6. The molecule has 0 saturated heterocycles. The Morgan fingerprint density at radius 1 is 1.06 bits per heavy atom. The van der Waals surface area contributed by atoms with Crippen LogP contribution in [0.1, 0.15) is 47.2 Å². The summed E-state index contributed by atoms with van der Waals surface area (Å²) in [5.74, 6) is 0.789. The molecule has 1 aromatic heterocycles. The zero-order valence-corrected chi connectivity index (χ0v) is 11.0. The van der Waals surface area contributed by atoms with E-state index in [0.717, 1.165) is 5.69 Å². The first-order chi connectivity index (χ1) is 7.08. The Balaban J connectivity index is 3.09. The molecule has 0 radical (unpaired) electrons. The number of hydrogen-bond acceptors (Lipinski definition) is 4. The molecule has 0 saturated carbocycles. The van der Waals surface area contributed by atoms with E-state index in [2.05, 4.69) is 30.7 Å². The fourth-order valence-electron chi connectivity index (χ4n) is 1.19. The smallest absolute Gasteiger partial charge is 0.223 e. The van der Waals surface area contributed by atoms with Gasteiger partial charge in [-0.3, -0.25) is 0 Å². The molecular formula is C12H21N3O. The lowest BCUT2D eigenvalue weighted by molar-refractivity contribution is 0.124. The Hall–Kier alpha value is -1.32. The van der Waals surface area contributed by atoms with Crippen LogP contribution in [0.4, 0.5) is 5.95 Å². The summed E-state index contributed by atoms with van der Waals surface area (Å²) in [5, 5.41) is 0. The summed E-state index contributed by atoms with van der Waals surface area (Å²) in [6.07, 6.45) is 0. The Morgan fingerprint density at radius 3 is 2.06 bits per heavy atom. The van der Waals surface area contributed by atoms with Crippen molar-refractivity contribution in [2.24, 2.45) is 0 Å². The van der Waals surface area contributed by atoms with E-state index in [4.69, 9.17) is 10.5 Å². The van der Waals surface area contributed by atoms with Gasteiger partial charge in [0.15, 0.2) is 0 Å². The molecule has 4 heteroatoms. The van der Waals surface area contributed by atoms with E-state index in [9.17, 15) is 0 Å². The summed E-state index contributed by atoms with van der Waals surface area (Å²) in [6, 6.07) is 1.85. The summed E-state index contributed by atoms with van der Waals surface area (Å²) in [6.45, 7) is 12.2. The minimum atomic E-state index is -0.282. The summed E-state index contributed by atoms with van der Waals surface area (Å²) < 4.78 is 5.69. The molecule has 0 aromatic carbocycles. The van der Waals surface area contributed by atoms with Crippen molar-refractivity contribution in [3.8, 4) is 5.88 Å². The van der Waals surface area contributed by atoms with E-state index in [0.29, 0.717) is 5.88 Å². The molecular weight excluding hydrogens is 202 g/mol. The molecule has 0 aliphatic carbocycles. The Morgan fingerprint density at radius 2 is 1.62 bits per heavy atom. The lowest BCUT2D eigenvalue weighted by Gasteiger charge is -2.23. The third kappa shape index (κ3) is 3.68. The van der Waals surface area contributed by atoms with Crippen LogP contribution in [0.3, 0.4) is 0 Å². The number of rotatable bonds is 1. The summed E-state index contributed by atoms with van der Waals surface area (Å²) in [7, 11) is 0. The number of nitrogen functional groups attached to an aromatic ring is 1. The molecule has 90 valence electrons. The van der Waals surface area contributed by atoms with E-state index in [-0.39, 0.29) is 17.0 Å². The SMILES string of the molecule is CC(C)(C)Oc1cc(C(C)(C)C)nc(N)n1. The average Bonchev–Trinajstić information content (AvgIpc) is 1.97. The summed E-state index contributed by atoms with van der Waals surface area (Å²) in [5.41, 5.74) is 6.22. The first-order valence-corrected chi connectivity index (χ1v) is 5.42. The molecule has 0 aliphatic heterocycles. The molecule has 0 atom stereocenters. The molecule has 1 aromatic rings. The van der Waals surface area contributed by atoms with Crippen LogP contribution in [-0.2, 0) is 5.41 Å². The second kappa shape index (κ2) is 3.92. The van der Waals surface area contributed by atoms with Crippen molar-refractivity contribution in [2.45, 2.75) is 52.6 Å². The van der Waals surface area contributed by atoms with Crippen molar-refractivity contribution in [1.82, 2.24) is 9.97 Å². The zero-order valence-electron chi connectivity index (χ0n) is 11.0. The van der Waals surface area contributed by atoms with Gasteiger partial charge in [-0.15, -0.1) is 0 Å². The molecule has 1 rings (SSSR count). The van der Waals surface area contributed by atoms with Gasteiger partial charge in [-0.1, -0.05) is 20.8 Å². The average molecular weight is 223 g/mol. The second-order valence-corrected chi connectivity index (χ2v) is 5.91. The van der Waals surface area contributed by atoms with Gasteiger partial charge >= 0.3 is 0 Å². The first-order valence-electron chi connectivity index (χ1n) is 5.42. The van der Waals surface area contributed by atoms with Crippen molar-refractivity contribution in [3.05, 3.63) is 11.8 Å². The Labute approximate surface area is 97.2 Å². The van der Waals surface area contributed by atoms with Crippen LogP contribution in [-0.4, -0.2) is 15.6 Å². The van der Waals surface area contributed by atoms with Gasteiger partial charge in [-0.25, -0.2) is 4.98 Å². The van der Waals surface area contributed by atoms with E-state index < -0.39 is 0 Å². The van der Waals surface area contributed by atoms with Crippen molar-refractivity contribution in [2.75, 3.05) is 5.73 Å². The summed E-state index contributed by atoms with van der Waals surface area (Å²) >= 11 is 0. The number of ether oxygens (including phenoxy) is 1. The lowest BCUT2D eigenvalue weighted by Crippen LogP contribution is -2.24. The lowest BCUT2D eigenvalue weighted by atomic mass is 9.92. The van der Waals surface area contributed by atoms with Crippen LogP contribution in [0.2, 0.25) is 0 Å². The van der Waals surface area contributed by atoms with Crippen LogP contribution in [0.5, 0.6) is 5.88 Å². The maximum absolute atomic E-state index is 5.69. The van der Waals surface area contributed by atoms with E-state index >= 15 is 0 Å². The topological polar surface area (TPSA) is 61.0 Å². The minimum absolute atomic E-state index is 0.0624. The van der Waals surface area contributed by atoms with Gasteiger partial charge in [-0.2, -0.15) is 4.98 Å². The van der Waals surface area contributed by atoms with Crippen molar-refractivity contribution in [1.29, 1.82) is 0 Å². The van der Waals surface area contributed by atoms with Gasteiger partial charge in [-0.05, 0) is 20.8 Å². The van der Waals surface area contributed by atoms with Gasteiger partial charge < -0.3 is 10.5 Å². The first kappa shape index (κ1) is 12.7. The number of nitrogens with two attached hydrogens (primary N) is 1. The van der Waals surface area contributed by atoms with Crippen LogP contribution >= 0.6 is 0 Å². The number of aromatic nitrogens is 2. The quantitative estimate of drug-likeness (QED) is 0.794. The molecule has 0 fully saturated rings. The molecule has 0 unspecified atom stereocenters. The predicted octanol–water partition coefficient (Wildman–Crippen LogP) is 2.53. The van der Waals surface area contributed by atoms with Crippen molar-refractivity contribution >= 4 is 5.95 Å². The fourth-order valence-corrected chi connectivity index (χ4v) is 1.19. The normalized spacial score (nSPS) is 12.6. The maximum atomic E-state index is 5.69. The second-order valence-electron chi connectivity index (χ2n) is 5.91. The molecule has 2 N–H and O–H groups in total. The minimum Gasteiger partial charge on any atom is -0.472 e. The predicted molar refractivity (Wildman–Crippen MR) is 65.5 cm³/mol. The molecule has 1 heterocycles. The number of hydrogen-bond donors (Lipinski definition) is 1. The van der Waals surface area contributed by atoms with Gasteiger partial charge in [0.25, 0.3) is 0 Å². The van der Waals surface area contributed by atoms with Crippen LogP contribution in [0.15, 0.2) is 6.07 Å². The molecule has 0 spiro atoms. The van der Waals surface area contributed by atoms with Crippen molar-refractivity contribution < 1.29 is 4.74 Å². The van der Waals surface area contributed by atoms with Crippen LogP contribution in [0, 0.1) is 0 Å². The van der Waals surface area contributed by atoms with E-state index in [1.165, 1.54) is 0 Å². The third-order valence-electron chi connectivity index (χ3n) is 1.90. The highest BCUT2D eigenvalue weighted by molar-refractivity contribution is 5.29. The van der Waals surface area contributed by atoms with Gasteiger partial charge in [0.1, 0.15) is 5.60 Å². The standard InChI is InChI=1S/C12H21N3O/c1-11(2,3)8-7-9(15-10(13)14-8)16-12(4,5)6/h7H,1-6H3,(H2,13,14,15). The van der Waals surface area contributed by atoms with E-state index in [1.807, 2.05) is 26.8 Å². The fraction of sp³-hybridized carbons (Fsp3) is 0.667. The highest BCUT2D eigenvalue weighted by atomic mass is 16.5. The third-order valence-corrected chi connectivity index (χ3v) is 1.90.